The van der Waals surface area contributed by atoms with Crippen molar-refractivity contribution in [3.8, 4) is 0 Å². The second-order valence-corrected chi connectivity index (χ2v) is 8.98. The van der Waals surface area contributed by atoms with Crippen molar-refractivity contribution in [2.75, 3.05) is 32.1 Å². The van der Waals surface area contributed by atoms with Crippen molar-refractivity contribution in [1.29, 1.82) is 0 Å². The van der Waals surface area contributed by atoms with Gasteiger partial charge in [0.15, 0.2) is 5.13 Å². The van der Waals surface area contributed by atoms with E-state index in [0.29, 0.717) is 18.1 Å². The topological polar surface area (TPSA) is 79.6 Å². The van der Waals surface area contributed by atoms with E-state index in [-0.39, 0.29) is 28.7 Å². The Balaban J connectivity index is 0.00000320. The van der Waals surface area contributed by atoms with Crippen LogP contribution in [-0.4, -0.2) is 47.9 Å². The Hall–Kier alpha value is -1.78. The van der Waals surface area contributed by atoms with E-state index in [1.807, 2.05) is 37.2 Å². The van der Waals surface area contributed by atoms with Gasteiger partial charge in [0.25, 0.3) is 11.6 Å². The largest absolute Gasteiger partial charge is 0.309 e. The highest BCUT2D eigenvalue weighted by Gasteiger charge is 2.25. The van der Waals surface area contributed by atoms with Gasteiger partial charge in [-0.1, -0.05) is 38.9 Å². The van der Waals surface area contributed by atoms with Crippen LogP contribution in [-0.2, 0) is 0 Å². The number of hydrogen-bond acceptors (Lipinski definition) is 6. The van der Waals surface area contributed by atoms with Crippen molar-refractivity contribution in [2.24, 2.45) is 0 Å². The van der Waals surface area contributed by atoms with E-state index in [4.69, 9.17) is 11.6 Å². The van der Waals surface area contributed by atoms with Gasteiger partial charge in [-0.25, -0.2) is 4.98 Å². The predicted octanol–water partition coefficient (Wildman–Crippen LogP) is 5.64. The second kappa shape index (κ2) is 10.5. The van der Waals surface area contributed by atoms with Crippen molar-refractivity contribution in [2.45, 2.75) is 6.42 Å². The normalized spacial score (nSPS) is 10.8. The standard InChI is InChI=1S/C19H18BrClN4O3S.ClH/c1-23(2)8-3-9-24(19-22-16-7-4-12(20)10-17(16)29-19)18(26)14-11-13(25(27)28)5-6-15(14)21;/h4-7,10-11H,3,8-9H2,1-2H3;1H. The molecule has 0 radical (unpaired) electrons. The summed E-state index contributed by atoms with van der Waals surface area (Å²) >= 11 is 11.0. The number of benzene rings is 2. The number of carbonyl (C=O) groups excluding carboxylic acids is 1. The van der Waals surface area contributed by atoms with Crippen LogP contribution in [0.2, 0.25) is 5.02 Å². The van der Waals surface area contributed by atoms with Crippen LogP contribution in [0, 0.1) is 10.1 Å². The molecule has 160 valence electrons. The number of thiazole rings is 1. The minimum Gasteiger partial charge on any atom is -0.309 e. The quantitative estimate of drug-likeness (QED) is 0.290. The molecule has 0 atom stereocenters. The number of rotatable bonds is 7. The highest BCUT2D eigenvalue weighted by atomic mass is 79.9. The van der Waals surface area contributed by atoms with Crippen LogP contribution < -0.4 is 4.90 Å². The summed E-state index contributed by atoms with van der Waals surface area (Å²) in [5.41, 5.74) is 0.689. The number of nitro benzene ring substituents is 1. The number of nitrogens with zero attached hydrogens (tertiary/aromatic N) is 4. The first-order chi connectivity index (χ1) is 13.8. The smallest absolute Gasteiger partial charge is 0.270 e. The lowest BCUT2D eigenvalue weighted by Gasteiger charge is -2.21. The first-order valence-electron chi connectivity index (χ1n) is 8.73. The molecule has 7 nitrogen and oxygen atoms in total. The van der Waals surface area contributed by atoms with E-state index in [2.05, 4.69) is 20.9 Å². The van der Waals surface area contributed by atoms with Crippen LogP contribution in [0.3, 0.4) is 0 Å². The Bertz CT molecular complexity index is 1080. The Morgan fingerprint density at radius 3 is 2.63 bits per heavy atom. The number of anilines is 1. The first-order valence-corrected chi connectivity index (χ1v) is 10.7. The maximum atomic E-state index is 13.3. The van der Waals surface area contributed by atoms with Gasteiger partial charge >= 0.3 is 0 Å². The Morgan fingerprint density at radius 1 is 1.23 bits per heavy atom. The molecule has 30 heavy (non-hydrogen) atoms. The summed E-state index contributed by atoms with van der Waals surface area (Å²) in [6.07, 6.45) is 0.713. The van der Waals surface area contributed by atoms with Crippen molar-refractivity contribution in [1.82, 2.24) is 9.88 Å². The second-order valence-electron chi connectivity index (χ2n) is 6.64. The molecule has 0 unspecified atom stereocenters. The monoisotopic (exact) mass is 532 g/mol. The summed E-state index contributed by atoms with van der Waals surface area (Å²) in [6, 6.07) is 9.58. The fourth-order valence-corrected chi connectivity index (χ4v) is 4.51. The van der Waals surface area contributed by atoms with Crippen LogP contribution >= 0.6 is 51.3 Å². The third-order valence-corrected chi connectivity index (χ3v) is 6.06. The third-order valence-electron chi connectivity index (χ3n) is 4.19. The minimum atomic E-state index is -0.543. The van der Waals surface area contributed by atoms with Crippen molar-refractivity contribution < 1.29 is 9.72 Å². The molecule has 0 fully saturated rings. The number of fused-ring (bicyclic) bond motifs is 1. The fourth-order valence-electron chi connectivity index (χ4n) is 2.77. The number of halogens is 3. The van der Waals surface area contributed by atoms with Gasteiger partial charge in [-0.2, -0.15) is 0 Å². The molecule has 3 aromatic rings. The molecule has 1 amide bonds. The van der Waals surface area contributed by atoms with Gasteiger partial charge in [0.1, 0.15) is 0 Å². The molecular weight excluding hydrogens is 515 g/mol. The number of hydrogen-bond donors (Lipinski definition) is 0. The molecule has 0 bridgehead atoms. The van der Waals surface area contributed by atoms with Gasteiger partial charge in [-0.3, -0.25) is 19.8 Å². The Kier molecular flexibility index (Phi) is 8.57. The number of amides is 1. The van der Waals surface area contributed by atoms with Crippen molar-refractivity contribution in [3.05, 3.63) is 61.6 Å². The number of non-ortho nitro benzene ring substituents is 1. The van der Waals surface area contributed by atoms with Gasteiger partial charge in [0.2, 0.25) is 0 Å². The van der Waals surface area contributed by atoms with E-state index in [9.17, 15) is 14.9 Å². The van der Waals surface area contributed by atoms with Gasteiger partial charge in [-0.05, 0) is 51.3 Å². The maximum Gasteiger partial charge on any atom is 0.270 e. The lowest BCUT2D eigenvalue weighted by atomic mass is 10.1. The highest BCUT2D eigenvalue weighted by molar-refractivity contribution is 9.10. The van der Waals surface area contributed by atoms with Gasteiger partial charge < -0.3 is 4.90 Å². The van der Waals surface area contributed by atoms with E-state index in [1.165, 1.54) is 29.5 Å². The van der Waals surface area contributed by atoms with E-state index < -0.39 is 10.8 Å². The molecule has 2 aromatic carbocycles. The Morgan fingerprint density at radius 2 is 1.97 bits per heavy atom. The van der Waals surface area contributed by atoms with Gasteiger partial charge in [0.05, 0.1) is 25.7 Å². The van der Waals surface area contributed by atoms with Crippen molar-refractivity contribution >= 4 is 78.2 Å². The number of nitro groups is 1. The van der Waals surface area contributed by atoms with E-state index in [1.54, 1.807) is 4.90 Å². The zero-order chi connectivity index (χ0) is 21.1. The summed E-state index contributed by atoms with van der Waals surface area (Å²) in [5, 5.41) is 11.8. The lowest BCUT2D eigenvalue weighted by Crippen LogP contribution is -2.33. The molecule has 0 aliphatic rings. The Labute approximate surface area is 197 Å². The van der Waals surface area contributed by atoms with Crippen LogP contribution in [0.25, 0.3) is 10.2 Å². The molecule has 0 saturated carbocycles. The van der Waals surface area contributed by atoms with E-state index >= 15 is 0 Å². The zero-order valence-electron chi connectivity index (χ0n) is 16.2. The van der Waals surface area contributed by atoms with Gasteiger partial charge in [0, 0.05) is 23.2 Å². The first kappa shape index (κ1) is 24.5. The average molecular weight is 534 g/mol. The molecule has 0 aliphatic heterocycles. The molecule has 0 N–H and O–H groups in total. The molecule has 1 heterocycles. The molecule has 11 heteroatoms. The predicted molar refractivity (Wildman–Crippen MR) is 128 cm³/mol. The zero-order valence-corrected chi connectivity index (χ0v) is 20.1. The molecule has 3 rings (SSSR count). The average Bonchev–Trinajstić information content (AvgIpc) is 3.07. The van der Waals surface area contributed by atoms with E-state index in [0.717, 1.165) is 21.2 Å². The van der Waals surface area contributed by atoms with Crippen molar-refractivity contribution in [3.63, 3.8) is 0 Å². The molecule has 0 aliphatic carbocycles. The summed E-state index contributed by atoms with van der Waals surface area (Å²) in [7, 11) is 3.91. The summed E-state index contributed by atoms with van der Waals surface area (Å²) in [4.78, 5) is 32.1. The number of carbonyl (C=O) groups is 1. The highest BCUT2D eigenvalue weighted by Crippen LogP contribution is 2.33. The van der Waals surface area contributed by atoms with Crippen LogP contribution in [0.4, 0.5) is 10.8 Å². The molecular formula is C19H19BrCl2N4O3S. The summed E-state index contributed by atoms with van der Waals surface area (Å²) in [5.74, 6) is -0.407. The van der Waals surface area contributed by atoms with Crippen LogP contribution in [0.1, 0.15) is 16.8 Å². The van der Waals surface area contributed by atoms with Gasteiger partial charge in [-0.15, -0.1) is 12.4 Å². The third kappa shape index (κ3) is 5.67. The molecule has 0 saturated heterocycles. The SMILES string of the molecule is CN(C)CCCN(C(=O)c1cc([N+](=O)[O-])ccc1Cl)c1nc2ccc(Br)cc2s1.Cl. The molecule has 1 aromatic heterocycles. The summed E-state index contributed by atoms with van der Waals surface area (Å²) in [6.45, 7) is 1.19. The molecule has 0 spiro atoms. The minimum absolute atomic E-state index is 0. The fraction of sp³-hybridized carbons (Fsp3) is 0.263. The maximum absolute atomic E-state index is 13.3. The lowest BCUT2D eigenvalue weighted by molar-refractivity contribution is -0.384. The number of aromatic nitrogens is 1. The van der Waals surface area contributed by atoms with Crippen LogP contribution in [0.5, 0.6) is 0 Å². The van der Waals surface area contributed by atoms with Crippen LogP contribution in [0.15, 0.2) is 40.9 Å². The summed E-state index contributed by atoms with van der Waals surface area (Å²) < 4.78 is 1.86.